The van der Waals surface area contributed by atoms with Crippen molar-refractivity contribution in [2.45, 2.75) is 316 Å². The second kappa shape index (κ2) is 69.0. The molecule has 0 rings (SSSR count). The molecule has 0 fully saturated rings. The summed E-state index contributed by atoms with van der Waals surface area (Å²) in [5.74, 6) is -0.892. The quantitative estimate of drug-likeness (QED) is 0.0261. The molecule has 6 nitrogen and oxygen atoms in total. The Morgan fingerprint density at radius 3 is 0.744 bits per heavy atom. The van der Waals surface area contributed by atoms with E-state index >= 15 is 0 Å². The van der Waals surface area contributed by atoms with Gasteiger partial charge < -0.3 is 14.2 Å². The Hall–Kier alpha value is -4.45. The van der Waals surface area contributed by atoms with Crippen LogP contribution in [0, 0.1) is 0 Å². The lowest BCUT2D eigenvalue weighted by molar-refractivity contribution is -0.167. The highest BCUT2D eigenvalue weighted by molar-refractivity contribution is 5.71. The summed E-state index contributed by atoms with van der Waals surface area (Å²) in [4.78, 5) is 38.2. The molecule has 0 bridgehead atoms. The molecule has 0 aliphatic heterocycles. The minimum atomic E-state index is -0.786. The summed E-state index contributed by atoms with van der Waals surface area (Å²) < 4.78 is 16.9. The van der Waals surface area contributed by atoms with E-state index in [1.165, 1.54) is 135 Å². The van der Waals surface area contributed by atoms with Gasteiger partial charge in [-0.25, -0.2) is 0 Å². The molecule has 0 aliphatic rings. The molecule has 1 unspecified atom stereocenters. The molecule has 0 aliphatic carbocycles. The van der Waals surface area contributed by atoms with Crippen LogP contribution < -0.4 is 0 Å². The van der Waals surface area contributed by atoms with Gasteiger partial charge in [0.1, 0.15) is 13.2 Å². The Labute approximate surface area is 506 Å². The van der Waals surface area contributed by atoms with Crippen LogP contribution in [0.4, 0.5) is 0 Å². The molecule has 0 aromatic rings. The highest BCUT2D eigenvalue weighted by atomic mass is 16.6. The van der Waals surface area contributed by atoms with Crippen molar-refractivity contribution in [1.29, 1.82) is 0 Å². The molecule has 0 N–H and O–H groups in total. The Morgan fingerprint density at radius 2 is 0.476 bits per heavy atom. The fraction of sp³-hybridized carbons (Fsp3) is 0.671. The first-order chi connectivity index (χ1) is 40.5. The standard InChI is InChI=1S/C76H126O6/c1-4-7-10-13-16-19-21-23-25-27-29-31-33-34-35-36-37-38-39-40-41-42-44-45-47-49-51-53-55-57-60-63-66-69-75(78)81-72-73(71-80-74(77)68-65-62-59-18-15-12-9-6-3)82-76(79)70-67-64-61-58-56-54-52-50-48-46-43-32-30-28-26-24-22-20-17-14-11-8-5-2/h7-8,10-11,16-17,19-20,23-26,29-32,34-35,37-38,46,48,73H,4-6,9,12-15,18,21-22,27-28,33,36,39-45,47,49-72H2,1-3H3/b10-7-,11-8-,19-16-,20-17-,25-23-,26-24-,31-29-,32-30-,35-34-,38-37-,48-46-. The highest BCUT2D eigenvalue weighted by Crippen LogP contribution is 2.16. The lowest BCUT2D eigenvalue weighted by atomic mass is 10.0. The number of rotatable bonds is 61. The predicted molar refractivity (Wildman–Crippen MR) is 357 cm³/mol. The lowest BCUT2D eigenvalue weighted by Gasteiger charge is -2.18. The minimum absolute atomic E-state index is 0.0825. The normalized spacial score (nSPS) is 13.0. The van der Waals surface area contributed by atoms with Crippen LogP contribution in [-0.4, -0.2) is 37.2 Å². The first-order valence-electron chi connectivity index (χ1n) is 34.2. The molecule has 0 saturated heterocycles. The van der Waals surface area contributed by atoms with Crippen LogP contribution >= 0.6 is 0 Å². The van der Waals surface area contributed by atoms with Crippen LogP contribution in [0.3, 0.4) is 0 Å². The third-order valence-corrected chi connectivity index (χ3v) is 14.4. The smallest absolute Gasteiger partial charge is 0.306 e. The van der Waals surface area contributed by atoms with Crippen molar-refractivity contribution in [2.75, 3.05) is 13.2 Å². The summed E-state index contributed by atoms with van der Waals surface area (Å²) in [5, 5.41) is 0. The second-order valence-corrected chi connectivity index (χ2v) is 22.3. The Bertz CT molecular complexity index is 1730. The van der Waals surface area contributed by atoms with E-state index in [9.17, 15) is 14.4 Å². The van der Waals surface area contributed by atoms with Gasteiger partial charge >= 0.3 is 17.9 Å². The van der Waals surface area contributed by atoms with Crippen LogP contribution in [0.25, 0.3) is 0 Å². The average molecular weight is 1140 g/mol. The molecule has 0 aromatic heterocycles. The molecule has 0 aromatic carbocycles. The molecular weight excluding hydrogens is 1010 g/mol. The van der Waals surface area contributed by atoms with E-state index in [1.54, 1.807) is 0 Å². The first kappa shape index (κ1) is 77.5. The zero-order chi connectivity index (χ0) is 59.2. The maximum atomic E-state index is 12.9. The largest absolute Gasteiger partial charge is 0.462 e. The van der Waals surface area contributed by atoms with Gasteiger partial charge in [0.15, 0.2) is 6.10 Å². The second-order valence-electron chi connectivity index (χ2n) is 22.3. The van der Waals surface area contributed by atoms with Crippen LogP contribution in [-0.2, 0) is 28.6 Å². The number of hydrogen-bond acceptors (Lipinski definition) is 6. The number of ether oxygens (including phenoxy) is 3. The molecule has 0 spiro atoms. The molecule has 82 heavy (non-hydrogen) atoms. The molecule has 6 heteroatoms. The Balaban J connectivity index is 4.14. The third-order valence-electron chi connectivity index (χ3n) is 14.4. The summed E-state index contributed by atoms with van der Waals surface area (Å²) in [6.07, 6.45) is 97.7. The maximum absolute atomic E-state index is 12.9. The van der Waals surface area contributed by atoms with E-state index < -0.39 is 6.10 Å². The van der Waals surface area contributed by atoms with E-state index in [0.717, 1.165) is 135 Å². The molecule has 0 radical (unpaired) electrons. The number of esters is 3. The molecular formula is C76H126O6. The monoisotopic (exact) mass is 1130 g/mol. The number of hydrogen-bond donors (Lipinski definition) is 0. The number of unbranched alkanes of at least 4 members (excludes halogenated alkanes) is 28. The SMILES string of the molecule is CC/C=C\C/C=C\C/C=C\C/C=C\C/C=C\C/C=C\CCCCCCCCCCCCCCCCC(=O)OCC(COC(=O)CCCCCCCCCC)OC(=O)CCCCCCCCC/C=C\C/C=C\C/C=C\C/C=C\C/C=C\CC. The maximum Gasteiger partial charge on any atom is 0.306 e. The number of carbonyl (C=O) groups is 3. The van der Waals surface area contributed by atoms with Gasteiger partial charge in [-0.3, -0.25) is 14.4 Å². The van der Waals surface area contributed by atoms with Crippen molar-refractivity contribution in [3.63, 3.8) is 0 Å². The van der Waals surface area contributed by atoms with Gasteiger partial charge in [0.25, 0.3) is 0 Å². The lowest BCUT2D eigenvalue weighted by Crippen LogP contribution is -2.30. The summed E-state index contributed by atoms with van der Waals surface area (Å²) in [7, 11) is 0. The summed E-state index contributed by atoms with van der Waals surface area (Å²) >= 11 is 0. The Kier molecular flexibility index (Phi) is 65.3. The van der Waals surface area contributed by atoms with Gasteiger partial charge in [0.05, 0.1) is 0 Å². The van der Waals surface area contributed by atoms with Crippen LogP contribution in [0.5, 0.6) is 0 Å². The predicted octanol–water partition coefficient (Wildman–Crippen LogP) is 23.7. The van der Waals surface area contributed by atoms with E-state index in [0.29, 0.717) is 19.3 Å². The van der Waals surface area contributed by atoms with Crippen molar-refractivity contribution < 1.29 is 28.6 Å². The average Bonchev–Trinajstić information content (AvgIpc) is 3.47. The van der Waals surface area contributed by atoms with Gasteiger partial charge in [-0.2, -0.15) is 0 Å². The topological polar surface area (TPSA) is 78.9 Å². The van der Waals surface area contributed by atoms with Crippen LogP contribution in [0.15, 0.2) is 134 Å². The van der Waals surface area contributed by atoms with E-state index in [2.05, 4.69) is 154 Å². The van der Waals surface area contributed by atoms with Gasteiger partial charge in [0, 0.05) is 19.3 Å². The number of allylic oxidation sites excluding steroid dienone is 22. The van der Waals surface area contributed by atoms with Crippen LogP contribution in [0.1, 0.15) is 310 Å². The van der Waals surface area contributed by atoms with E-state index in [1.807, 2.05) is 0 Å². The molecule has 0 saturated carbocycles. The van der Waals surface area contributed by atoms with Crippen molar-refractivity contribution in [2.24, 2.45) is 0 Å². The van der Waals surface area contributed by atoms with Gasteiger partial charge in [-0.15, -0.1) is 0 Å². The summed E-state index contributed by atoms with van der Waals surface area (Å²) in [6, 6.07) is 0. The van der Waals surface area contributed by atoms with E-state index in [-0.39, 0.29) is 31.1 Å². The Morgan fingerprint density at radius 1 is 0.256 bits per heavy atom. The minimum Gasteiger partial charge on any atom is -0.462 e. The van der Waals surface area contributed by atoms with Crippen LogP contribution in [0.2, 0.25) is 0 Å². The molecule has 1 atom stereocenters. The van der Waals surface area contributed by atoms with E-state index in [4.69, 9.17) is 14.2 Å². The van der Waals surface area contributed by atoms with Crippen molar-refractivity contribution >= 4 is 17.9 Å². The van der Waals surface area contributed by atoms with Gasteiger partial charge in [-0.05, 0) is 116 Å². The van der Waals surface area contributed by atoms with Crippen molar-refractivity contribution in [3.8, 4) is 0 Å². The zero-order valence-corrected chi connectivity index (χ0v) is 53.5. The summed E-state index contributed by atoms with van der Waals surface area (Å²) in [6.45, 7) is 6.39. The highest BCUT2D eigenvalue weighted by Gasteiger charge is 2.19. The molecule has 0 heterocycles. The van der Waals surface area contributed by atoms with Crippen molar-refractivity contribution in [3.05, 3.63) is 134 Å². The summed E-state index contributed by atoms with van der Waals surface area (Å²) in [5.41, 5.74) is 0. The van der Waals surface area contributed by atoms with Gasteiger partial charge in [0.2, 0.25) is 0 Å². The fourth-order valence-electron chi connectivity index (χ4n) is 9.36. The van der Waals surface area contributed by atoms with Gasteiger partial charge in [-0.1, -0.05) is 309 Å². The zero-order valence-electron chi connectivity index (χ0n) is 53.5. The third kappa shape index (κ3) is 66.4. The van der Waals surface area contributed by atoms with Crippen molar-refractivity contribution in [1.82, 2.24) is 0 Å². The molecule has 466 valence electrons. The first-order valence-corrected chi connectivity index (χ1v) is 34.2. The number of carbonyl (C=O) groups excluding carboxylic acids is 3. The molecule has 0 amide bonds. The fourth-order valence-corrected chi connectivity index (χ4v) is 9.36.